The molecule has 5 rings (SSSR count). The van der Waals surface area contributed by atoms with E-state index in [1.165, 1.54) is 47.9 Å². The van der Waals surface area contributed by atoms with Crippen molar-refractivity contribution >= 4 is 42.9 Å². The van der Waals surface area contributed by atoms with Crippen molar-refractivity contribution in [1.82, 2.24) is 0 Å². The third kappa shape index (κ3) is 3.46. The van der Waals surface area contributed by atoms with E-state index >= 15 is 0 Å². The molecule has 0 radical (unpaired) electrons. The monoisotopic (exact) mass is 478 g/mol. The molecule has 2 aliphatic rings. The highest BCUT2D eigenvalue weighted by molar-refractivity contribution is 7.08. The van der Waals surface area contributed by atoms with E-state index in [4.69, 9.17) is 0 Å². The minimum absolute atomic E-state index is 1.23. The Hall–Kier alpha value is -2.43. The van der Waals surface area contributed by atoms with Gasteiger partial charge in [0, 0.05) is 0 Å². The Morgan fingerprint density at radius 1 is 0.588 bits per heavy atom. The normalized spacial score (nSPS) is 17.8. The van der Waals surface area contributed by atoms with Crippen molar-refractivity contribution in [3.63, 3.8) is 0 Å². The second-order valence-corrected chi connectivity index (χ2v) is 19.8. The number of allylic oxidation sites excluding steroid dienone is 2. The molecule has 2 heteroatoms. The smallest absolute Gasteiger partial charge is 0.0723 e. The fourth-order valence-corrected chi connectivity index (χ4v) is 13.7. The summed E-state index contributed by atoms with van der Waals surface area (Å²) in [4.78, 5) is 0. The molecule has 0 fully saturated rings. The maximum Gasteiger partial charge on any atom is 0.114 e. The average molecular weight is 479 g/mol. The SMILES string of the molecule is CCCC1=C(CCC)[Si](C)(C)c2cc3c(cc21)[Si](C)(C)C(c1ccccc1)=C3c1ccccc1. The van der Waals surface area contributed by atoms with E-state index < -0.39 is 16.1 Å². The van der Waals surface area contributed by atoms with Crippen LogP contribution in [0.15, 0.2) is 78.0 Å². The molecule has 0 aromatic heterocycles. The maximum absolute atomic E-state index is 2.68. The van der Waals surface area contributed by atoms with Crippen LogP contribution in [0.1, 0.15) is 61.8 Å². The van der Waals surface area contributed by atoms with Crippen molar-refractivity contribution in [3.05, 3.63) is 100 Å². The van der Waals surface area contributed by atoms with Crippen LogP contribution < -0.4 is 10.4 Å². The quantitative estimate of drug-likeness (QED) is 0.315. The first-order valence-corrected chi connectivity index (χ1v) is 19.1. The summed E-state index contributed by atoms with van der Waals surface area (Å²) in [5.74, 6) is 0. The number of hydrogen-bond donors (Lipinski definition) is 0. The summed E-state index contributed by atoms with van der Waals surface area (Å²) in [6.07, 6.45) is 4.98. The van der Waals surface area contributed by atoms with E-state index in [1.807, 2.05) is 5.20 Å². The van der Waals surface area contributed by atoms with Crippen molar-refractivity contribution in [3.8, 4) is 0 Å². The summed E-state index contributed by atoms with van der Waals surface area (Å²) < 4.78 is 0. The van der Waals surface area contributed by atoms with E-state index in [-0.39, 0.29) is 0 Å². The molecule has 2 aliphatic heterocycles. The first kappa shape index (κ1) is 23.3. The van der Waals surface area contributed by atoms with Gasteiger partial charge in [-0.3, -0.25) is 0 Å². The van der Waals surface area contributed by atoms with Crippen molar-refractivity contribution in [2.24, 2.45) is 0 Å². The second-order valence-electron chi connectivity index (χ2n) is 11.1. The lowest BCUT2D eigenvalue weighted by atomic mass is 9.93. The minimum atomic E-state index is -1.89. The molecule has 174 valence electrons. The first-order valence-electron chi connectivity index (χ1n) is 13.1. The fourth-order valence-electron chi connectivity index (χ4n) is 6.64. The van der Waals surface area contributed by atoms with E-state index in [0.29, 0.717) is 0 Å². The number of fused-ring (bicyclic) bond motifs is 2. The van der Waals surface area contributed by atoms with Gasteiger partial charge in [0.05, 0.1) is 0 Å². The van der Waals surface area contributed by atoms with Crippen LogP contribution in [0.2, 0.25) is 26.2 Å². The highest BCUT2D eigenvalue weighted by Crippen LogP contribution is 2.46. The summed E-state index contributed by atoms with van der Waals surface area (Å²) in [5, 5.41) is 6.75. The lowest BCUT2D eigenvalue weighted by Crippen LogP contribution is -2.45. The molecular weight excluding hydrogens is 441 g/mol. The standard InChI is InChI=1S/C32H38Si2/c1-7-15-25-26-21-30-27(22-29(26)33(3,4)28(25)16-8-2)31(23-17-11-9-12-18-23)32(34(30,5)6)24-19-13-10-14-20-24/h9-14,17-22H,7-8,15-16H2,1-6H3. The van der Waals surface area contributed by atoms with Gasteiger partial charge in [-0.15, -0.1) is 0 Å². The molecule has 3 aromatic carbocycles. The van der Waals surface area contributed by atoms with Crippen LogP contribution in [0.5, 0.6) is 0 Å². The van der Waals surface area contributed by atoms with Crippen molar-refractivity contribution in [2.75, 3.05) is 0 Å². The third-order valence-corrected chi connectivity index (χ3v) is 15.6. The average Bonchev–Trinajstić information content (AvgIpc) is 3.19. The second kappa shape index (κ2) is 8.66. The highest BCUT2D eigenvalue weighted by atomic mass is 28.3. The van der Waals surface area contributed by atoms with Crippen molar-refractivity contribution < 1.29 is 0 Å². The van der Waals surface area contributed by atoms with Gasteiger partial charge in [0.25, 0.3) is 0 Å². The topological polar surface area (TPSA) is 0 Å². The predicted molar refractivity (Wildman–Crippen MR) is 156 cm³/mol. The summed E-state index contributed by atoms with van der Waals surface area (Å²) >= 11 is 0. The van der Waals surface area contributed by atoms with Gasteiger partial charge in [-0.05, 0) is 61.8 Å². The Morgan fingerprint density at radius 3 is 1.71 bits per heavy atom. The lowest BCUT2D eigenvalue weighted by Gasteiger charge is -2.25. The predicted octanol–water partition coefficient (Wildman–Crippen LogP) is 7.94. The van der Waals surface area contributed by atoms with E-state index in [9.17, 15) is 0 Å². The zero-order valence-corrected chi connectivity index (χ0v) is 23.8. The summed E-state index contributed by atoms with van der Waals surface area (Å²) in [7, 11) is -3.55. The van der Waals surface area contributed by atoms with Crippen molar-refractivity contribution in [1.29, 1.82) is 0 Å². The fraction of sp³-hybridized carbons (Fsp3) is 0.312. The molecule has 0 amide bonds. The molecular formula is C32H38Si2. The van der Waals surface area contributed by atoms with Crippen LogP contribution in [0.4, 0.5) is 0 Å². The minimum Gasteiger partial charge on any atom is -0.0723 e. The van der Waals surface area contributed by atoms with Gasteiger partial charge in [-0.25, -0.2) is 0 Å². The van der Waals surface area contributed by atoms with Crippen LogP contribution >= 0.6 is 0 Å². The van der Waals surface area contributed by atoms with Gasteiger partial charge in [0.1, 0.15) is 16.1 Å². The summed E-state index contributed by atoms with van der Waals surface area (Å²) in [5.41, 5.74) is 9.11. The van der Waals surface area contributed by atoms with Gasteiger partial charge < -0.3 is 0 Å². The first-order chi connectivity index (χ1) is 16.3. The van der Waals surface area contributed by atoms with E-state index in [0.717, 1.165) is 0 Å². The molecule has 2 heterocycles. The largest absolute Gasteiger partial charge is 0.114 e. The molecule has 0 nitrogen and oxygen atoms in total. The summed E-state index contributed by atoms with van der Waals surface area (Å²) in [6, 6.07) is 27.7. The zero-order chi connectivity index (χ0) is 24.1. The molecule has 0 spiro atoms. The molecule has 0 aliphatic carbocycles. The maximum atomic E-state index is 2.68. The van der Waals surface area contributed by atoms with E-state index in [1.54, 1.807) is 26.7 Å². The Morgan fingerprint density at radius 2 is 1.12 bits per heavy atom. The van der Waals surface area contributed by atoms with Gasteiger partial charge in [0.2, 0.25) is 0 Å². The molecule has 34 heavy (non-hydrogen) atoms. The molecule has 0 bridgehead atoms. The molecule has 0 unspecified atom stereocenters. The Labute approximate surface area is 208 Å². The third-order valence-electron chi connectivity index (χ3n) is 8.22. The number of rotatable bonds is 6. The van der Waals surface area contributed by atoms with Crippen LogP contribution in [-0.4, -0.2) is 16.1 Å². The van der Waals surface area contributed by atoms with Crippen molar-refractivity contribution in [2.45, 2.75) is 65.7 Å². The molecule has 0 saturated carbocycles. The van der Waals surface area contributed by atoms with Gasteiger partial charge >= 0.3 is 0 Å². The van der Waals surface area contributed by atoms with Gasteiger partial charge in [-0.2, -0.15) is 0 Å². The molecule has 0 saturated heterocycles. The van der Waals surface area contributed by atoms with Crippen LogP contribution in [-0.2, 0) is 0 Å². The van der Waals surface area contributed by atoms with E-state index in [2.05, 4.69) is 113 Å². The van der Waals surface area contributed by atoms with Crippen LogP contribution in [0.25, 0.3) is 16.3 Å². The highest BCUT2D eigenvalue weighted by Gasteiger charge is 2.45. The van der Waals surface area contributed by atoms with Gasteiger partial charge in [-0.1, -0.05) is 131 Å². The summed E-state index contributed by atoms with van der Waals surface area (Å²) in [6.45, 7) is 15.1. The van der Waals surface area contributed by atoms with Crippen LogP contribution in [0.3, 0.4) is 0 Å². The number of hydrogen-bond acceptors (Lipinski definition) is 0. The molecule has 0 atom stereocenters. The molecule has 0 N–H and O–H groups in total. The molecule has 3 aromatic rings. The van der Waals surface area contributed by atoms with Crippen LogP contribution in [0, 0.1) is 0 Å². The Kier molecular flexibility index (Phi) is 5.94. The number of benzene rings is 3. The lowest BCUT2D eigenvalue weighted by molar-refractivity contribution is 0.919. The van der Waals surface area contributed by atoms with Gasteiger partial charge in [0.15, 0.2) is 0 Å². The Balaban J connectivity index is 1.82. The zero-order valence-electron chi connectivity index (χ0n) is 21.8. The Bertz CT molecular complexity index is 1290.